The molecule has 1 atom stereocenters. The summed E-state index contributed by atoms with van der Waals surface area (Å²) in [5.74, 6) is 1.86. The zero-order valence-corrected chi connectivity index (χ0v) is 20.1. The van der Waals surface area contributed by atoms with Crippen LogP contribution in [0.4, 0.5) is 4.39 Å². The van der Waals surface area contributed by atoms with E-state index < -0.39 is 5.60 Å². The van der Waals surface area contributed by atoms with E-state index in [9.17, 15) is 9.50 Å². The van der Waals surface area contributed by atoms with Crippen LogP contribution in [0.5, 0.6) is 0 Å². The average Bonchev–Trinajstić information content (AvgIpc) is 3.22. The molecule has 0 fully saturated rings. The molecule has 0 aliphatic carbocycles. The molecule has 8 heteroatoms. The van der Waals surface area contributed by atoms with Crippen LogP contribution in [0.2, 0.25) is 0 Å². The lowest BCUT2D eigenvalue weighted by Gasteiger charge is -2.21. The number of halogens is 2. The van der Waals surface area contributed by atoms with Crippen molar-refractivity contribution in [1.29, 1.82) is 0 Å². The number of H-pyrrole nitrogens is 1. The number of aromatic nitrogens is 1. The molecule has 0 saturated heterocycles. The Bertz CT molecular complexity index is 1010. The highest BCUT2D eigenvalue weighted by atomic mass is 127. The van der Waals surface area contributed by atoms with Crippen LogP contribution in [0.3, 0.4) is 0 Å². The molecule has 1 unspecified atom stereocenters. The highest BCUT2D eigenvalue weighted by molar-refractivity contribution is 14.0. The van der Waals surface area contributed by atoms with Crippen LogP contribution < -0.4 is 10.6 Å². The van der Waals surface area contributed by atoms with Crippen molar-refractivity contribution >= 4 is 40.8 Å². The number of hydrogen-bond acceptors (Lipinski definition) is 3. The third-order valence-corrected chi connectivity index (χ3v) is 4.93. The zero-order valence-electron chi connectivity index (χ0n) is 17.8. The van der Waals surface area contributed by atoms with Gasteiger partial charge in [0, 0.05) is 35.8 Å². The summed E-state index contributed by atoms with van der Waals surface area (Å²) in [7, 11) is 0. The monoisotopic (exact) mass is 528 g/mol. The molecular formula is C22H30FIN4O2. The second-order valence-electron chi connectivity index (χ2n) is 7.48. The Balaban J connectivity index is 0.00000320. The number of benzene rings is 1. The summed E-state index contributed by atoms with van der Waals surface area (Å²) in [5, 5.41) is 18.4. The predicted molar refractivity (Wildman–Crippen MR) is 129 cm³/mol. The Hall–Kier alpha value is -2.07. The Kier molecular flexibility index (Phi) is 8.31. The topological polar surface area (TPSA) is 85.6 Å². The van der Waals surface area contributed by atoms with E-state index in [1.807, 2.05) is 33.0 Å². The van der Waals surface area contributed by atoms with E-state index in [0.29, 0.717) is 24.8 Å². The van der Waals surface area contributed by atoms with Gasteiger partial charge in [-0.05, 0) is 63.9 Å². The smallest absolute Gasteiger partial charge is 0.191 e. The van der Waals surface area contributed by atoms with Crippen LogP contribution in [0.1, 0.15) is 36.5 Å². The lowest BCUT2D eigenvalue weighted by atomic mass is 9.96. The van der Waals surface area contributed by atoms with Gasteiger partial charge in [0.1, 0.15) is 22.9 Å². The Labute approximate surface area is 193 Å². The zero-order chi connectivity index (χ0) is 21.0. The van der Waals surface area contributed by atoms with Gasteiger partial charge in [0.05, 0.1) is 6.54 Å². The first-order valence-corrected chi connectivity index (χ1v) is 9.87. The van der Waals surface area contributed by atoms with Crippen molar-refractivity contribution in [2.24, 2.45) is 4.99 Å². The minimum Gasteiger partial charge on any atom is -0.466 e. The minimum absolute atomic E-state index is 0. The maximum Gasteiger partial charge on any atom is 0.191 e. The molecule has 164 valence electrons. The number of aromatic amines is 1. The first kappa shape index (κ1) is 24.2. The van der Waals surface area contributed by atoms with E-state index in [-0.39, 0.29) is 36.3 Å². The molecule has 3 rings (SSSR count). The number of furan rings is 1. The number of guanidine groups is 1. The summed E-state index contributed by atoms with van der Waals surface area (Å²) in [6, 6.07) is 6.62. The molecular weight excluding hydrogens is 498 g/mol. The summed E-state index contributed by atoms with van der Waals surface area (Å²) in [6.45, 7) is 9.01. The second-order valence-corrected chi connectivity index (χ2v) is 7.48. The van der Waals surface area contributed by atoms with Gasteiger partial charge >= 0.3 is 0 Å². The van der Waals surface area contributed by atoms with Gasteiger partial charge in [-0.2, -0.15) is 0 Å². The van der Waals surface area contributed by atoms with Crippen molar-refractivity contribution in [2.45, 2.75) is 39.7 Å². The van der Waals surface area contributed by atoms with Crippen molar-refractivity contribution in [3.63, 3.8) is 0 Å². The van der Waals surface area contributed by atoms with Crippen molar-refractivity contribution in [3.05, 3.63) is 58.9 Å². The quantitative estimate of drug-likeness (QED) is 0.211. The molecule has 1 aromatic carbocycles. The third kappa shape index (κ3) is 5.75. The molecule has 6 nitrogen and oxygen atoms in total. The molecule has 0 amide bonds. The molecule has 4 N–H and O–H groups in total. The van der Waals surface area contributed by atoms with Gasteiger partial charge in [-0.25, -0.2) is 9.38 Å². The van der Waals surface area contributed by atoms with Gasteiger partial charge in [-0.1, -0.05) is 0 Å². The molecule has 0 aliphatic rings. The van der Waals surface area contributed by atoms with Gasteiger partial charge < -0.3 is 25.1 Å². The Morgan fingerprint density at radius 1 is 1.27 bits per heavy atom. The number of fused-ring (bicyclic) bond motifs is 1. The molecule has 30 heavy (non-hydrogen) atoms. The summed E-state index contributed by atoms with van der Waals surface area (Å²) < 4.78 is 18.9. The van der Waals surface area contributed by atoms with Crippen molar-refractivity contribution in [1.82, 2.24) is 15.6 Å². The standard InChI is InChI=1S/C22H29FN4O2.HI/c1-5-24-21(27-13-22(4,28)19-10-14(2)29-15(19)3)25-9-8-16-12-26-20-11-17(23)6-7-18(16)20;/h6-7,10-12,26,28H,5,8-9,13H2,1-4H3,(H2,24,25,27);1H. The number of hydrogen-bond donors (Lipinski definition) is 4. The molecule has 0 aliphatic heterocycles. The number of aryl methyl sites for hydroxylation is 2. The Morgan fingerprint density at radius 3 is 2.70 bits per heavy atom. The fourth-order valence-electron chi connectivity index (χ4n) is 3.51. The number of aliphatic imine (C=N–C) groups is 1. The Morgan fingerprint density at radius 2 is 2.03 bits per heavy atom. The number of aliphatic hydroxyl groups is 1. The van der Waals surface area contributed by atoms with Crippen LogP contribution >= 0.6 is 24.0 Å². The van der Waals surface area contributed by atoms with Crippen LogP contribution in [0, 0.1) is 19.7 Å². The SMILES string of the molecule is CCNC(=NCC(C)(O)c1cc(C)oc1C)NCCc1c[nH]c2cc(F)ccc12.I. The molecule has 2 heterocycles. The van der Waals surface area contributed by atoms with E-state index in [1.165, 1.54) is 12.1 Å². The normalized spacial score (nSPS) is 13.7. The van der Waals surface area contributed by atoms with E-state index in [0.717, 1.165) is 34.2 Å². The lowest BCUT2D eigenvalue weighted by molar-refractivity contribution is 0.0657. The van der Waals surface area contributed by atoms with Gasteiger partial charge in [-0.15, -0.1) is 24.0 Å². The molecule has 0 saturated carbocycles. The molecule has 0 spiro atoms. The van der Waals surface area contributed by atoms with Crippen molar-refractivity contribution in [3.8, 4) is 0 Å². The minimum atomic E-state index is -1.12. The van der Waals surface area contributed by atoms with Gasteiger partial charge in [0.15, 0.2) is 5.96 Å². The molecule has 0 radical (unpaired) electrons. The first-order chi connectivity index (χ1) is 13.8. The van der Waals surface area contributed by atoms with Crippen molar-refractivity contribution in [2.75, 3.05) is 19.6 Å². The van der Waals surface area contributed by atoms with Crippen LogP contribution in [0.15, 0.2) is 39.9 Å². The van der Waals surface area contributed by atoms with E-state index in [4.69, 9.17) is 4.42 Å². The maximum absolute atomic E-state index is 13.3. The largest absolute Gasteiger partial charge is 0.466 e. The fourth-order valence-corrected chi connectivity index (χ4v) is 3.51. The molecule has 2 aromatic heterocycles. The summed E-state index contributed by atoms with van der Waals surface area (Å²) in [4.78, 5) is 7.66. The number of rotatable bonds is 7. The molecule has 3 aromatic rings. The third-order valence-electron chi connectivity index (χ3n) is 4.93. The maximum atomic E-state index is 13.3. The second kappa shape index (κ2) is 10.3. The summed E-state index contributed by atoms with van der Waals surface area (Å²) in [5.41, 5.74) is 1.54. The van der Waals surface area contributed by atoms with Crippen LogP contribution in [-0.2, 0) is 12.0 Å². The summed E-state index contributed by atoms with van der Waals surface area (Å²) in [6.07, 6.45) is 2.66. The van der Waals surface area contributed by atoms with Crippen LogP contribution in [0.25, 0.3) is 10.9 Å². The highest BCUT2D eigenvalue weighted by Crippen LogP contribution is 2.27. The van der Waals surface area contributed by atoms with E-state index in [2.05, 4.69) is 20.6 Å². The molecule has 0 bridgehead atoms. The lowest BCUT2D eigenvalue weighted by Crippen LogP contribution is -2.39. The van der Waals surface area contributed by atoms with Gasteiger partial charge in [-0.3, -0.25) is 0 Å². The van der Waals surface area contributed by atoms with E-state index in [1.54, 1.807) is 13.0 Å². The predicted octanol–water partition coefficient (Wildman–Crippen LogP) is 4.14. The van der Waals surface area contributed by atoms with Gasteiger partial charge in [0.2, 0.25) is 0 Å². The summed E-state index contributed by atoms with van der Waals surface area (Å²) >= 11 is 0. The average molecular weight is 528 g/mol. The van der Waals surface area contributed by atoms with E-state index >= 15 is 0 Å². The first-order valence-electron chi connectivity index (χ1n) is 9.87. The fraction of sp³-hybridized carbons (Fsp3) is 0.409. The number of nitrogens with one attached hydrogen (secondary N) is 3. The van der Waals surface area contributed by atoms with Crippen LogP contribution in [-0.4, -0.2) is 35.7 Å². The van der Waals surface area contributed by atoms with Crippen molar-refractivity contribution < 1.29 is 13.9 Å². The van der Waals surface area contributed by atoms with Gasteiger partial charge in [0.25, 0.3) is 0 Å². The highest BCUT2D eigenvalue weighted by Gasteiger charge is 2.27. The number of nitrogens with zero attached hydrogens (tertiary/aromatic N) is 1.